The Morgan fingerprint density at radius 3 is 2.96 bits per heavy atom. The zero-order valence-electron chi connectivity index (χ0n) is 14.7. The standard InChI is InChI=1S/C19H29N3O2/c1-21(13-16-5-4-9-20-12-16)14-17-6-10-22(15-17)18(23)11-19(24)7-2-3-8-19/h4-5,9,12,17,24H,2-3,6-8,10-11,13-15H2,1H3/t17-/m1/s1. The van der Waals surface area contributed by atoms with E-state index in [4.69, 9.17) is 0 Å². The molecule has 1 N–H and O–H groups in total. The van der Waals surface area contributed by atoms with E-state index < -0.39 is 5.60 Å². The van der Waals surface area contributed by atoms with Gasteiger partial charge in [0.15, 0.2) is 0 Å². The number of likely N-dealkylation sites (tertiary alicyclic amines) is 1. The van der Waals surface area contributed by atoms with Gasteiger partial charge in [0, 0.05) is 38.6 Å². The van der Waals surface area contributed by atoms with Crippen LogP contribution in [0.2, 0.25) is 0 Å². The van der Waals surface area contributed by atoms with Crippen LogP contribution >= 0.6 is 0 Å². The first-order chi connectivity index (χ1) is 11.5. The second kappa shape index (κ2) is 7.62. The number of hydrogen-bond donors (Lipinski definition) is 1. The van der Waals surface area contributed by atoms with Gasteiger partial charge in [-0.1, -0.05) is 18.9 Å². The molecule has 0 aromatic carbocycles. The third kappa shape index (κ3) is 4.54. The van der Waals surface area contributed by atoms with Gasteiger partial charge in [-0.3, -0.25) is 9.78 Å². The molecular weight excluding hydrogens is 302 g/mol. The molecule has 2 aliphatic rings. The lowest BCUT2D eigenvalue weighted by Crippen LogP contribution is -2.37. The predicted molar refractivity (Wildman–Crippen MR) is 93.3 cm³/mol. The number of nitrogens with zero attached hydrogens (tertiary/aromatic N) is 3. The summed E-state index contributed by atoms with van der Waals surface area (Å²) in [4.78, 5) is 20.9. The van der Waals surface area contributed by atoms with E-state index in [0.29, 0.717) is 12.3 Å². The Morgan fingerprint density at radius 1 is 1.46 bits per heavy atom. The van der Waals surface area contributed by atoms with Crippen molar-refractivity contribution in [1.29, 1.82) is 0 Å². The minimum Gasteiger partial charge on any atom is -0.389 e. The molecule has 5 nitrogen and oxygen atoms in total. The Morgan fingerprint density at radius 2 is 2.25 bits per heavy atom. The van der Waals surface area contributed by atoms with Crippen LogP contribution in [0.1, 0.15) is 44.1 Å². The van der Waals surface area contributed by atoms with E-state index in [1.807, 2.05) is 17.2 Å². The molecule has 2 heterocycles. The molecule has 1 aliphatic heterocycles. The third-order valence-electron chi connectivity index (χ3n) is 5.40. The van der Waals surface area contributed by atoms with Crippen LogP contribution in [0.3, 0.4) is 0 Å². The quantitative estimate of drug-likeness (QED) is 0.867. The summed E-state index contributed by atoms with van der Waals surface area (Å²) < 4.78 is 0. The van der Waals surface area contributed by atoms with Gasteiger partial charge in [-0.25, -0.2) is 0 Å². The van der Waals surface area contributed by atoms with Gasteiger partial charge in [-0.15, -0.1) is 0 Å². The Kier molecular flexibility index (Phi) is 5.51. The molecule has 1 atom stereocenters. The maximum atomic E-state index is 12.5. The van der Waals surface area contributed by atoms with Gasteiger partial charge in [-0.2, -0.15) is 0 Å². The minimum atomic E-state index is -0.730. The van der Waals surface area contributed by atoms with Gasteiger partial charge in [0.25, 0.3) is 0 Å². The molecule has 1 amide bonds. The van der Waals surface area contributed by atoms with Gasteiger partial charge in [0.05, 0.1) is 12.0 Å². The van der Waals surface area contributed by atoms with Gasteiger partial charge in [0.2, 0.25) is 5.91 Å². The first kappa shape index (κ1) is 17.4. The minimum absolute atomic E-state index is 0.136. The van der Waals surface area contributed by atoms with Crippen LogP contribution in [0, 0.1) is 5.92 Å². The lowest BCUT2D eigenvalue weighted by molar-refractivity contribution is -0.135. The molecule has 1 saturated heterocycles. The van der Waals surface area contributed by atoms with Crippen LogP contribution in [0.5, 0.6) is 0 Å². The van der Waals surface area contributed by atoms with Crippen molar-refractivity contribution in [1.82, 2.24) is 14.8 Å². The summed E-state index contributed by atoms with van der Waals surface area (Å²) >= 11 is 0. The molecule has 5 heteroatoms. The highest BCUT2D eigenvalue weighted by molar-refractivity contribution is 5.77. The maximum Gasteiger partial charge on any atom is 0.225 e. The molecule has 1 aromatic rings. The fourth-order valence-electron chi connectivity index (χ4n) is 4.12. The lowest BCUT2D eigenvalue weighted by Gasteiger charge is -2.25. The van der Waals surface area contributed by atoms with Gasteiger partial charge >= 0.3 is 0 Å². The highest BCUT2D eigenvalue weighted by Gasteiger charge is 2.36. The molecule has 3 rings (SSSR count). The molecule has 0 spiro atoms. The van der Waals surface area contributed by atoms with E-state index in [0.717, 1.165) is 58.3 Å². The number of aliphatic hydroxyl groups is 1. The zero-order valence-corrected chi connectivity index (χ0v) is 14.7. The summed E-state index contributed by atoms with van der Waals surface area (Å²) in [6.45, 7) is 3.54. The molecule has 1 saturated carbocycles. The summed E-state index contributed by atoms with van der Waals surface area (Å²) in [6.07, 6.45) is 8.73. The van der Waals surface area contributed by atoms with E-state index in [2.05, 4.69) is 23.0 Å². The Labute approximate surface area is 144 Å². The predicted octanol–water partition coefficient (Wildman–Crippen LogP) is 2.06. The largest absolute Gasteiger partial charge is 0.389 e. The molecule has 24 heavy (non-hydrogen) atoms. The second-order valence-corrected chi connectivity index (χ2v) is 7.66. The Bertz CT molecular complexity index is 543. The summed E-state index contributed by atoms with van der Waals surface area (Å²) in [5.41, 5.74) is 0.487. The van der Waals surface area contributed by atoms with Crippen LogP contribution in [0.15, 0.2) is 24.5 Å². The molecular formula is C19H29N3O2. The van der Waals surface area contributed by atoms with Crippen molar-refractivity contribution in [3.8, 4) is 0 Å². The van der Waals surface area contributed by atoms with Crippen molar-refractivity contribution in [2.24, 2.45) is 5.92 Å². The van der Waals surface area contributed by atoms with Crippen molar-refractivity contribution in [3.05, 3.63) is 30.1 Å². The molecule has 132 valence electrons. The molecule has 1 aromatic heterocycles. The fourth-order valence-corrected chi connectivity index (χ4v) is 4.12. The molecule has 0 bridgehead atoms. The zero-order chi connectivity index (χ0) is 17.0. The van der Waals surface area contributed by atoms with Crippen molar-refractivity contribution < 1.29 is 9.90 Å². The van der Waals surface area contributed by atoms with Gasteiger partial charge in [0.1, 0.15) is 0 Å². The molecule has 0 unspecified atom stereocenters. The summed E-state index contributed by atoms with van der Waals surface area (Å²) in [5.74, 6) is 0.658. The Balaban J connectivity index is 1.44. The van der Waals surface area contributed by atoms with Crippen LogP contribution in [-0.4, -0.2) is 58.1 Å². The van der Waals surface area contributed by atoms with E-state index >= 15 is 0 Å². The monoisotopic (exact) mass is 331 g/mol. The SMILES string of the molecule is CN(Cc1cccnc1)C[C@H]1CCN(C(=O)CC2(O)CCCC2)C1. The highest BCUT2D eigenvalue weighted by atomic mass is 16.3. The normalized spacial score (nSPS) is 23.1. The first-order valence-corrected chi connectivity index (χ1v) is 9.12. The summed E-state index contributed by atoms with van der Waals surface area (Å²) in [6, 6.07) is 4.06. The van der Waals surface area contributed by atoms with Crippen LogP contribution in [0.4, 0.5) is 0 Å². The smallest absolute Gasteiger partial charge is 0.225 e. The van der Waals surface area contributed by atoms with Crippen molar-refractivity contribution >= 4 is 5.91 Å². The molecule has 2 fully saturated rings. The first-order valence-electron chi connectivity index (χ1n) is 9.12. The Hall–Kier alpha value is -1.46. The number of carbonyl (C=O) groups excluding carboxylic acids is 1. The van der Waals surface area contributed by atoms with Gasteiger partial charge in [-0.05, 0) is 43.9 Å². The van der Waals surface area contributed by atoms with E-state index in [-0.39, 0.29) is 5.91 Å². The van der Waals surface area contributed by atoms with Gasteiger partial charge < -0.3 is 14.9 Å². The molecule has 0 radical (unpaired) electrons. The van der Waals surface area contributed by atoms with Crippen LogP contribution in [0.25, 0.3) is 0 Å². The van der Waals surface area contributed by atoms with E-state index in [1.165, 1.54) is 5.56 Å². The third-order valence-corrected chi connectivity index (χ3v) is 5.40. The van der Waals surface area contributed by atoms with Crippen molar-refractivity contribution in [2.75, 3.05) is 26.7 Å². The van der Waals surface area contributed by atoms with Crippen LogP contribution in [-0.2, 0) is 11.3 Å². The van der Waals surface area contributed by atoms with Crippen molar-refractivity contribution in [3.63, 3.8) is 0 Å². The summed E-state index contributed by atoms with van der Waals surface area (Å²) in [7, 11) is 2.12. The summed E-state index contributed by atoms with van der Waals surface area (Å²) in [5, 5.41) is 10.4. The van der Waals surface area contributed by atoms with Crippen molar-refractivity contribution in [2.45, 2.75) is 50.7 Å². The highest BCUT2D eigenvalue weighted by Crippen LogP contribution is 2.33. The maximum absolute atomic E-state index is 12.5. The number of aromatic nitrogens is 1. The average Bonchev–Trinajstić information content (AvgIpc) is 3.17. The van der Waals surface area contributed by atoms with Crippen LogP contribution < -0.4 is 0 Å². The number of rotatable bonds is 6. The number of carbonyl (C=O) groups is 1. The number of amides is 1. The fraction of sp³-hybridized carbons (Fsp3) is 0.684. The number of hydrogen-bond acceptors (Lipinski definition) is 4. The average molecular weight is 331 g/mol. The van der Waals surface area contributed by atoms with E-state index in [9.17, 15) is 9.90 Å². The topological polar surface area (TPSA) is 56.7 Å². The number of pyridine rings is 1. The van der Waals surface area contributed by atoms with E-state index in [1.54, 1.807) is 6.20 Å². The second-order valence-electron chi connectivity index (χ2n) is 7.66. The molecule has 1 aliphatic carbocycles. The lowest BCUT2D eigenvalue weighted by atomic mass is 9.97.